The van der Waals surface area contributed by atoms with Gasteiger partial charge < -0.3 is 16.2 Å². The highest BCUT2D eigenvalue weighted by molar-refractivity contribution is 5.72. The number of nitrogens with one attached hydrogen (secondary N) is 1. The van der Waals surface area contributed by atoms with Crippen LogP contribution in [0.1, 0.15) is 25.0 Å². The second-order valence-electron chi connectivity index (χ2n) is 7.56. The van der Waals surface area contributed by atoms with Crippen LogP contribution in [0.5, 0.6) is 0 Å². The number of nitrogens with two attached hydrogens (primary N) is 1. The number of nitrogens with zero attached hydrogens (tertiary/aromatic N) is 2. The summed E-state index contributed by atoms with van der Waals surface area (Å²) >= 11 is 0. The van der Waals surface area contributed by atoms with Gasteiger partial charge in [-0.2, -0.15) is 0 Å². The molecule has 3 aromatic rings. The molecule has 0 aliphatic rings. The zero-order chi connectivity index (χ0) is 22.4. The molecule has 2 aromatic carbocycles. The van der Waals surface area contributed by atoms with Crippen LogP contribution in [0.25, 0.3) is 17.3 Å². The van der Waals surface area contributed by atoms with E-state index in [0.717, 1.165) is 12.0 Å². The van der Waals surface area contributed by atoms with E-state index in [1.165, 1.54) is 16.3 Å². The van der Waals surface area contributed by atoms with Crippen LogP contribution in [-0.2, 0) is 17.8 Å². The molecule has 0 saturated heterocycles. The summed E-state index contributed by atoms with van der Waals surface area (Å²) < 4.78 is 1.20. The minimum atomic E-state index is -1.11. The van der Waals surface area contributed by atoms with Crippen molar-refractivity contribution in [1.82, 2.24) is 9.55 Å². The number of allylic oxidation sites excluding steroid dienone is 1. The number of aliphatic carboxylic acids is 1. The number of rotatable bonds is 8. The van der Waals surface area contributed by atoms with E-state index in [1.807, 2.05) is 56.3 Å². The summed E-state index contributed by atoms with van der Waals surface area (Å²) in [6, 6.07) is 15.5. The number of carboxylic acid groups (broad SMARTS) is 1. The first-order valence-corrected chi connectivity index (χ1v) is 10.0. The molecule has 7 nitrogen and oxygen atoms in total. The highest BCUT2D eigenvalue weighted by Gasteiger charge is 2.15. The highest BCUT2D eigenvalue weighted by atomic mass is 16.4. The maximum atomic E-state index is 12.9. The van der Waals surface area contributed by atoms with Crippen molar-refractivity contribution in [2.45, 2.75) is 32.9 Å². The zero-order valence-electron chi connectivity index (χ0n) is 17.6. The van der Waals surface area contributed by atoms with Gasteiger partial charge in [-0.25, -0.2) is 4.98 Å². The predicted molar refractivity (Wildman–Crippen MR) is 124 cm³/mol. The second kappa shape index (κ2) is 9.75. The van der Waals surface area contributed by atoms with Crippen LogP contribution in [-0.4, -0.2) is 26.7 Å². The molecule has 3 rings (SSSR count). The summed E-state index contributed by atoms with van der Waals surface area (Å²) in [6.07, 6.45) is 6.26. The van der Waals surface area contributed by atoms with Gasteiger partial charge in [0.1, 0.15) is 6.54 Å². The van der Waals surface area contributed by atoms with Crippen LogP contribution in [0.15, 0.2) is 65.6 Å². The molecule has 0 saturated carbocycles. The Labute approximate surface area is 180 Å². The Morgan fingerprint density at radius 1 is 1.23 bits per heavy atom. The van der Waals surface area contributed by atoms with Crippen molar-refractivity contribution in [3.63, 3.8) is 0 Å². The molecule has 1 aromatic heterocycles. The summed E-state index contributed by atoms with van der Waals surface area (Å²) in [5.41, 5.74) is 9.18. The van der Waals surface area contributed by atoms with Crippen molar-refractivity contribution in [2.75, 3.05) is 11.1 Å². The summed E-state index contributed by atoms with van der Waals surface area (Å²) in [5.74, 6) is -0.996. The van der Waals surface area contributed by atoms with Crippen LogP contribution < -0.4 is 16.6 Å². The normalized spacial score (nSPS) is 11.2. The van der Waals surface area contributed by atoms with E-state index in [1.54, 1.807) is 6.07 Å². The molecule has 0 radical (unpaired) electrons. The lowest BCUT2D eigenvalue weighted by atomic mass is 10.0. The van der Waals surface area contributed by atoms with E-state index in [9.17, 15) is 14.7 Å². The standard InChI is InChI=1S/C24H26N4O3/c1-16(2)27-23-24(31)28(15-22(29)30)21(14-26-23)19-11-18(12-20(25)13-19)10-6-9-17-7-4-3-5-8-17/h3-8,10-14,16H,9,15,25H2,1-2H3,(H,26,27)(H,29,30). The van der Waals surface area contributed by atoms with E-state index in [4.69, 9.17) is 5.73 Å². The van der Waals surface area contributed by atoms with Crippen LogP contribution >= 0.6 is 0 Å². The predicted octanol–water partition coefficient (Wildman–Crippen LogP) is 3.65. The minimum Gasteiger partial charge on any atom is -0.480 e. The van der Waals surface area contributed by atoms with Crippen LogP contribution in [0.2, 0.25) is 0 Å². The van der Waals surface area contributed by atoms with Crippen LogP contribution in [0.3, 0.4) is 0 Å². The fraction of sp³-hybridized carbons (Fsp3) is 0.208. The van der Waals surface area contributed by atoms with Gasteiger partial charge in [0.05, 0.1) is 11.9 Å². The Morgan fingerprint density at radius 3 is 2.65 bits per heavy atom. The van der Waals surface area contributed by atoms with Crippen molar-refractivity contribution in [3.05, 3.63) is 82.3 Å². The smallest absolute Gasteiger partial charge is 0.323 e. The van der Waals surface area contributed by atoms with Gasteiger partial charge in [-0.05, 0) is 49.6 Å². The van der Waals surface area contributed by atoms with Gasteiger partial charge in [0.25, 0.3) is 5.56 Å². The molecule has 7 heteroatoms. The van der Waals surface area contributed by atoms with E-state index < -0.39 is 18.1 Å². The lowest BCUT2D eigenvalue weighted by Gasteiger charge is -2.15. The fourth-order valence-corrected chi connectivity index (χ4v) is 3.25. The summed E-state index contributed by atoms with van der Waals surface area (Å²) in [6.45, 7) is 3.28. The van der Waals surface area contributed by atoms with Crippen molar-refractivity contribution in [3.8, 4) is 11.3 Å². The van der Waals surface area contributed by atoms with Crippen molar-refractivity contribution >= 4 is 23.6 Å². The molecule has 0 aliphatic carbocycles. The number of hydrogen-bond donors (Lipinski definition) is 3. The van der Waals surface area contributed by atoms with Gasteiger partial charge in [0, 0.05) is 17.3 Å². The Bertz CT molecular complexity index is 1150. The minimum absolute atomic E-state index is 0.0157. The third kappa shape index (κ3) is 5.82. The molecule has 0 aliphatic heterocycles. The van der Waals surface area contributed by atoms with Gasteiger partial charge in [-0.1, -0.05) is 42.5 Å². The molecule has 0 spiro atoms. The Hall–Kier alpha value is -3.87. The molecule has 4 N–H and O–H groups in total. The lowest BCUT2D eigenvalue weighted by Crippen LogP contribution is -2.30. The van der Waals surface area contributed by atoms with E-state index in [2.05, 4.69) is 22.4 Å². The fourth-order valence-electron chi connectivity index (χ4n) is 3.25. The van der Waals surface area contributed by atoms with E-state index >= 15 is 0 Å². The molecule has 31 heavy (non-hydrogen) atoms. The molecule has 0 amide bonds. The average molecular weight is 418 g/mol. The summed E-state index contributed by atoms with van der Waals surface area (Å²) in [4.78, 5) is 28.5. The number of aromatic nitrogens is 2. The second-order valence-corrected chi connectivity index (χ2v) is 7.56. The number of anilines is 2. The first-order valence-electron chi connectivity index (χ1n) is 10.0. The first-order chi connectivity index (χ1) is 14.8. The third-order valence-electron chi connectivity index (χ3n) is 4.55. The molecule has 160 valence electrons. The van der Waals surface area contributed by atoms with Gasteiger partial charge in [0.15, 0.2) is 5.82 Å². The van der Waals surface area contributed by atoms with E-state index in [0.29, 0.717) is 16.9 Å². The van der Waals surface area contributed by atoms with Crippen molar-refractivity contribution in [1.29, 1.82) is 0 Å². The Balaban J connectivity index is 1.98. The Morgan fingerprint density at radius 2 is 1.97 bits per heavy atom. The van der Waals surface area contributed by atoms with Crippen molar-refractivity contribution < 1.29 is 9.90 Å². The number of benzene rings is 2. The molecular formula is C24H26N4O3. The summed E-state index contributed by atoms with van der Waals surface area (Å²) in [5, 5.41) is 12.3. The third-order valence-corrected chi connectivity index (χ3v) is 4.55. The number of carbonyl (C=O) groups is 1. The number of nitrogen functional groups attached to an aromatic ring is 1. The first kappa shape index (κ1) is 21.8. The van der Waals surface area contributed by atoms with Gasteiger partial charge in [-0.15, -0.1) is 0 Å². The SMILES string of the molecule is CC(C)Nc1ncc(-c2cc(N)cc(C=CCc3ccccc3)c2)n(CC(=O)O)c1=O. The molecule has 0 bridgehead atoms. The zero-order valence-corrected chi connectivity index (χ0v) is 17.6. The van der Waals surface area contributed by atoms with Crippen molar-refractivity contribution in [2.24, 2.45) is 0 Å². The Kier molecular flexibility index (Phi) is 6.87. The topological polar surface area (TPSA) is 110 Å². The highest BCUT2D eigenvalue weighted by Crippen LogP contribution is 2.24. The monoisotopic (exact) mass is 418 g/mol. The lowest BCUT2D eigenvalue weighted by molar-refractivity contribution is -0.137. The molecule has 0 atom stereocenters. The largest absolute Gasteiger partial charge is 0.480 e. The maximum Gasteiger partial charge on any atom is 0.323 e. The molecule has 1 heterocycles. The average Bonchev–Trinajstić information content (AvgIpc) is 2.71. The molecule has 0 unspecified atom stereocenters. The van der Waals surface area contributed by atoms with Gasteiger partial charge in [-0.3, -0.25) is 14.2 Å². The number of carboxylic acids is 1. The van der Waals surface area contributed by atoms with Crippen LogP contribution in [0.4, 0.5) is 11.5 Å². The van der Waals surface area contributed by atoms with Gasteiger partial charge in [0.2, 0.25) is 0 Å². The van der Waals surface area contributed by atoms with Gasteiger partial charge >= 0.3 is 5.97 Å². The van der Waals surface area contributed by atoms with E-state index in [-0.39, 0.29) is 11.9 Å². The molecular weight excluding hydrogens is 392 g/mol. The molecule has 0 fully saturated rings. The van der Waals surface area contributed by atoms with Crippen LogP contribution in [0, 0.1) is 0 Å². The maximum absolute atomic E-state index is 12.9. The quantitative estimate of drug-likeness (QED) is 0.482. The number of hydrogen-bond acceptors (Lipinski definition) is 5. The summed E-state index contributed by atoms with van der Waals surface area (Å²) in [7, 11) is 0.